The van der Waals surface area contributed by atoms with Gasteiger partial charge in [0.15, 0.2) is 0 Å². The molecule has 1 heterocycles. The number of rotatable bonds is 2. The standard InChI is InChI=1S/C12H13N3O/c1-8-4-3-5-9(6-8)10-7-11(16-2)15-12(13)14-10/h3-7H,1-2H3,(H2,13,14,15). The van der Waals surface area contributed by atoms with Crippen LogP contribution in [0.3, 0.4) is 0 Å². The van der Waals surface area contributed by atoms with E-state index in [1.54, 1.807) is 13.2 Å². The molecule has 0 aliphatic carbocycles. The van der Waals surface area contributed by atoms with Crippen LogP contribution in [0, 0.1) is 6.92 Å². The van der Waals surface area contributed by atoms with Gasteiger partial charge in [0, 0.05) is 11.6 Å². The van der Waals surface area contributed by atoms with Crippen molar-refractivity contribution in [1.82, 2.24) is 9.97 Å². The molecule has 2 rings (SSSR count). The second kappa shape index (κ2) is 4.18. The van der Waals surface area contributed by atoms with Gasteiger partial charge in [0.05, 0.1) is 12.8 Å². The van der Waals surface area contributed by atoms with Gasteiger partial charge in [-0.2, -0.15) is 4.98 Å². The number of aromatic nitrogens is 2. The third-order valence-electron chi connectivity index (χ3n) is 2.24. The lowest BCUT2D eigenvalue weighted by Crippen LogP contribution is -1.99. The van der Waals surface area contributed by atoms with E-state index < -0.39 is 0 Å². The number of aryl methyl sites for hydroxylation is 1. The summed E-state index contributed by atoms with van der Waals surface area (Å²) >= 11 is 0. The third-order valence-corrected chi connectivity index (χ3v) is 2.24. The maximum Gasteiger partial charge on any atom is 0.223 e. The Morgan fingerprint density at radius 3 is 2.69 bits per heavy atom. The lowest BCUT2D eigenvalue weighted by atomic mass is 10.1. The number of nitrogens with two attached hydrogens (primary N) is 1. The van der Waals surface area contributed by atoms with Gasteiger partial charge in [0.25, 0.3) is 0 Å². The maximum atomic E-state index is 5.61. The van der Waals surface area contributed by atoms with Crippen LogP contribution >= 0.6 is 0 Å². The van der Waals surface area contributed by atoms with E-state index in [0.29, 0.717) is 5.88 Å². The van der Waals surface area contributed by atoms with Crippen LogP contribution in [0.2, 0.25) is 0 Å². The van der Waals surface area contributed by atoms with Crippen LogP contribution in [0.1, 0.15) is 5.56 Å². The Morgan fingerprint density at radius 2 is 2.00 bits per heavy atom. The summed E-state index contributed by atoms with van der Waals surface area (Å²) in [5.74, 6) is 0.694. The molecule has 0 saturated carbocycles. The number of nitrogen functional groups attached to an aromatic ring is 1. The van der Waals surface area contributed by atoms with Gasteiger partial charge in [-0.05, 0) is 13.0 Å². The molecule has 82 valence electrons. The second-order valence-electron chi connectivity index (χ2n) is 3.52. The van der Waals surface area contributed by atoms with Gasteiger partial charge in [0.1, 0.15) is 0 Å². The van der Waals surface area contributed by atoms with Crippen molar-refractivity contribution in [1.29, 1.82) is 0 Å². The summed E-state index contributed by atoms with van der Waals surface area (Å²) in [4.78, 5) is 8.12. The Kier molecular flexibility index (Phi) is 2.72. The van der Waals surface area contributed by atoms with E-state index in [9.17, 15) is 0 Å². The molecule has 2 N–H and O–H groups in total. The molecule has 0 aliphatic rings. The first-order chi connectivity index (χ1) is 7.69. The molecule has 0 saturated heterocycles. The van der Waals surface area contributed by atoms with Gasteiger partial charge < -0.3 is 10.5 Å². The Balaban J connectivity index is 2.51. The molecule has 0 bridgehead atoms. The van der Waals surface area contributed by atoms with Crippen LogP contribution < -0.4 is 10.5 Å². The average Bonchev–Trinajstić information content (AvgIpc) is 2.28. The van der Waals surface area contributed by atoms with Gasteiger partial charge in [-0.3, -0.25) is 0 Å². The first-order valence-electron chi connectivity index (χ1n) is 4.94. The van der Waals surface area contributed by atoms with Crippen LogP contribution in [0.15, 0.2) is 30.3 Å². The van der Waals surface area contributed by atoms with Gasteiger partial charge in [-0.15, -0.1) is 0 Å². The fraction of sp³-hybridized carbons (Fsp3) is 0.167. The molecular formula is C12H13N3O. The Morgan fingerprint density at radius 1 is 1.19 bits per heavy atom. The minimum absolute atomic E-state index is 0.218. The second-order valence-corrected chi connectivity index (χ2v) is 3.52. The predicted octanol–water partition coefficient (Wildman–Crippen LogP) is 2.04. The molecule has 1 aromatic carbocycles. The van der Waals surface area contributed by atoms with E-state index in [1.807, 2.05) is 31.2 Å². The number of hydrogen-bond donors (Lipinski definition) is 1. The molecule has 0 aliphatic heterocycles. The largest absolute Gasteiger partial charge is 0.481 e. The fourth-order valence-electron chi connectivity index (χ4n) is 1.50. The first kappa shape index (κ1) is 10.4. The summed E-state index contributed by atoms with van der Waals surface area (Å²) < 4.78 is 5.06. The Hall–Kier alpha value is -2.10. The zero-order valence-electron chi connectivity index (χ0n) is 9.27. The molecule has 16 heavy (non-hydrogen) atoms. The molecule has 0 radical (unpaired) electrons. The number of hydrogen-bond acceptors (Lipinski definition) is 4. The third kappa shape index (κ3) is 2.11. The van der Waals surface area contributed by atoms with Crippen LogP contribution in [0.25, 0.3) is 11.3 Å². The van der Waals surface area contributed by atoms with E-state index in [0.717, 1.165) is 11.3 Å². The molecule has 0 atom stereocenters. The quantitative estimate of drug-likeness (QED) is 0.832. The molecule has 4 heteroatoms. The maximum absolute atomic E-state index is 5.61. The summed E-state index contributed by atoms with van der Waals surface area (Å²) in [6.07, 6.45) is 0. The van der Waals surface area contributed by atoms with Crippen molar-refractivity contribution in [3.8, 4) is 17.1 Å². The van der Waals surface area contributed by atoms with E-state index in [4.69, 9.17) is 10.5 Å². The molecular weight excluding hydrogens is 202 g/mol. The Bertz CT molecular complexity index is 511. The number of benzene rings is 1. The van der Waals surface area contributed by atoms with Gasteiger partial charge in [-0.1, -0.05) is 23.8 Å². The van der Waals surface area contributed by atoms with Crippen molar-refractivity contribution in [2.45, 2.75) is 6.92 Å². The van der Waals surface area contributed by atoms with Gasteiger partial charge in [-0.25, -0.2) is 4.98 Å². The van der Waals surface area contributed by atoms with Crippen molar-refractivity contribution >= 4 is 5.95 Å². The van der Waals surface area contributed by atoms with Crippen molar-refractivity contribution in [3.05, 3.63) is 35.9 Å². The van der Waals surface area contributed by atoms with E-state index in [-0.39, 0.29) is 5.95 Å². The summed E-state index contributed by atoms with van der Waals surface area (Å²) in [5, 5.41) is 0. The van der Waals surface area contributed by atoms with Crippen LogP contribution in [-0.2, 0) is 0 Å². The zero-order valence-corrected chi connectivity index (χ0v) is 9.27. The minimum atomic E-state index is 0.218. The summed E-state index contributed by atoms with van der Waals surface area (Å²) in [5.41, 5.74) is 8.56. The van der Waals surface area contributed by atoms with Crippen molar-refractivity contribution in [2.75, 3.05) is 12.8 Å². The van der Waals surface area contributed by atoms with Crippen molar-refractivity contribution in [2.24, 2.45) is 0 Å². The van der Waals surface area contributed by atoms with Crippen LogP contribution in [0.5, 0.6) is 5.88 Å². The molecule has 0 fully saturated rings. The number of methoxy groups -OCH3 is 1. The van der Waals surface area contributed by atoms with Crippen LogP contribution in [-0.4, -0.2) is 17.1 Å². The molecule has 0 amide bonds. The monoisotopic (exact) mass is 215 g/mol. The van der Waals surface area contributed by atoms with Crippen molar-refractivity contribution < 1.29 is 4.74 Å². The molecule has 2 aromatic rings. The summed E-state index contributed by atoms with van der Waals surface area (Å²) in [7, 11) is 1.56. The van der Waals surface area contributed by atoms with E-state index in [2.05, 4.69) is 9.97 Å². The normalized spacial score (nSPS) is 10.1. The average molecular weight is 215 g/mol. The fourth-order valence-corrected chi connectivity index (χ4v) is 1.50. The van der Waals surface area contributed by atoms with Crippen molar-refractivity contribution in [3.63, 3.8) is 0 Å². The first-order valence-corrected chi connectivity index (χ1v) is 4.94. The molecule has 0 unspecified atom stereocenters. The van der Waals surface area contributed by atoms with Gasteiger partial charge in [0.2, 0.25) is 11.8 Å². The Labute approximate surface area is 94.1 Å². The van der Waals surface area contributed by atoms with Gasteiger partial charge >= 0.3 is 0 Å². The van der Waals surface area contributed by atoms with Crippen LogP contribution in [0.4, 0.5) is 5.95 Å². The SMILES string of the molecule is COc1cc(-c2cccc(C)c2)nc(N)n1. The molecule has 4 nitrogen and oxygen atoms in total. The lowest BCUT2D eigenvalue weighted by molar-refractivity contribution is 0.398. The molecule has 0 spiro atoms. The highest BCUT2D eigenvalue weighted by Gasteiger charge is 2.04. The summed E-state index contributed by atoms with van der Waals surface area (Å²) in [6, 6.07) is 9.81. The predicted molar refractivity (Wildman–Crippen MR) is 63.2 cm³/mol. The summed E-state index contributed by atoms with van der Waals surface area (Å²) in [6.45, 7) is 2.03. The van der Waals surface area contributed by atoms with E-state index in [1.165, 1.54) is 5.56 Å². The topological polar surface area (TPSA) is 61.0 Å². The minimum Gasteiger partial charge on any atom is -0.481 e. The highest BCUT2D eigenvalue weighted by molar-refractivity contribution is 5.62. The number of anilines is 1. The zero-order chi connectivity index (χ0) is 11.5. The lowest BCUT2D eigenvalue weighted by Gasteiger charge is -2.05. The highest BCUT2D eigenvalue weighted by atomic mass is 16.5. The number of ether oxygens (including phenoxy) is 1. The smallest absolute Gasteiger partial charge is 0.223 e. The highest BCUT2D eigenvalue weighted by Crippen LogP contribution is 2.22. The van der Waals surface area contributed by atoms with E-state index >= 15 is 0 Å². The number of nitrogens with zero attached hydrogens (tertiary/aromatic N) is 2. The molecule has 1 aromatic heterocycles.